The van der Waals surface area contributed by atoms with Gasteiger partial charge in [-0.3, -0.25) is 4.90 Å². The van der Waals surface area contributed by atoms with Crippen LogP contribution < -0.4 is 10.6 Å². The third kappa shape index (κ3) is 5.65. The van der Waals surface area contributed by atoms with Crippen LogP contribution in [0.2, 0.25) is 0 Å². The van der Waals surface area contributed by atoms with Crippen molar-refractivity contribution in [3.8, 4) is 0 Å². The predicted octanol–water partition coefficient (Wildman–Crippen LogP) is 2.05. The quantitative estimate of drug-likeness (QED) is 0.719. The van der Waals surface area contributed by atoms with Gasteiger partial charge < -0.3 is 20.5 Å². The molecule has 1 aromatic rings. The van der Waals surface area contributed by atoms with E-state index in [1.807, 2.05) is 13.8 Å². The van der Waals surface area contributed by atoms with Gasteiger partial charge in [-0.25, -0.2) is 9.18 Å². The number of halogens is 1. The van der Waals surface area contributed by atoms with Crippen LogP contribution in [0.4, 0.5) is 9.18 Å². The minimum absolute atomic E-state index is 0.0567. The van der Waals surface area contributed by atoms with Gasteiger partial charge >= 0.3 is 6.03 Å². The highest BCUT2D eigenvalue weighted by atomic mass is 19.1. The molecule has 1 aromatic carbocycles. The molecule has 2 amide bonds. The number of aliphatic hydroxyl groups is 1. The Labute approximate surface area is 154 Å². The summed E-state index contributed by atoms with van der Waals surface area (Å²) in [6.45, 7) is 10.3. The lowest BCUT2D eigenvalue weighted by atomic mass is 10.00. The summed E-state index contributed by atoms with van der Waals surface area (Å²) >= 11 is 0. The molecule has 26 heavy (non-hydrogen) atoms. The number of hydrogen-bond acceptors (Lipinski definition) is 4. The van der Waals surface area contributed by atoms with Crippen molar-refractivity contribution >= 4 is 6.03 Å². The number of nitrogens with one attached hydrogen (secondary N) is 2. The fraction of sp³-hybridized carbons (Fsp3) is 0.632. The molecule has 0 bridgehead atoms. The van der Waals surface area contributed by atoms with Crippen LogP contribution in [0, 0.1) is 5.82 Å². The largest absolute Gasteiger partial charge is 0.386 e. The van der Waals surface area contributed by atoms with Crippen molar-refractivity contribution in [1.29, 1.82) is 0 Å². The maximum absolute atomic E-state index is 13.6. The molecule has 0 radical (unpaired) electrons. The van der Waals surface area contributed by atoms with Crippen molar-refractivity contribution in [2.24, 2.45) is 0 Å². The molecule has 0 aliphatic carbocycles. The van der Waals surface area contributed by atoms with Gasteiger partial charge in [0.15, 0.2) is 0 Å². The Hall–Kier alpha value is -1.70. The molecule has 3 N–H and O–H groups in total. The molecule has 3 unspecified atom stereocenters. The van der Waals surface area contributed by atoms with E-state index in [0.717, 1.165) is 13.1 Å². The number of carbonyl (C=O) groups excluding carboxylic acids is 1. The Morgan fingerprint density at radius 3 is 2.54 bits per heavy atom. The molecule has 1 aliphatic rings. The molecule has 0 spiro atoms. The van der Waals surface area contributed by atoms with Gasteiger partial charge in [0.2, 0.25) is 0 Å². The number of rotatable bonds is 6. The molecule has 2 rings (SSSR count). The second kappa shape index (κ2) is 8.79. The number of aliphatic hydroxyl groups excluding tert-OH is 1. The summed E-state index contributed by atoms with van der Waals surface area (Å²) in [4.78, 5) is 14.4. The van der Waals surface area contributed by atoms with E-state index in [1.54, 1.807) is 12.1 Å². The lowest BCUT2D eigenvalue weighted by molar-refractivity contribution is -0.0947. The van der Waals surface area contributed by atoms with E-state index in [-0.39, 0.29) is 35.9 Å². The zero-order valence-corrected chi connectivity index (χ0v) is 16.0. The molecule has 1 fully saturated rings. The van der Waals surface area contributed by atoms with Crippen LogP contribution in [0.1, 0.15) is 39.4 Å². The van der Waals surface area contributed by atoms with E-state index in [1.165, 1.54) is 12.1 Å². The Kier molecular flexibility index (Phi) is 6.97. The molecule has 7 heteroatoms. The van der Waals surface area contributed by atoms with Crippen LogP contribution in [0.25, 0.3) is 0 Å². The monoisotopic (exact) mass is 367 g/mol. The maximum atomic E-state index is 13.6. The average Bonchev–Trinajstić information content (AvgIpc) is 2.57. The van der Waals surface area contributed by atoms with Crippen LogP contribution in [-0.4, -0.2) is 60.0 Å². The van der Waals surface area contributed by atoms with Crippen LogP contribution in [0.3, 0.4) is 0 Å². The number of ether oxygens (including phenoxy) is 1. The summed E-state index contributed by atoms with van der Waals surface area (Å²) in [5.41, 5.74) is -0.0576. The highest BCUT2D eigenvalue weighted by Gasteiger charge is 2.33. The number of amides is 2. The summed E-state index contributed by atoms with van der Waals surface area (Å²) in [7, 11) is 0. The van der Waals surface area contributed by atoms with Crippen LogP contribution >= 0.6 is 0 Å². The smallest absolute Gasteiger partial charge is 0.314 e. The van der Waals surface area contributed by atoms with Crippen LogP contribution in [0.5, 0.6) is 0 Å². The predicted molar refractivity (Wildman–Crippen MR) is 98.4 cm³/mol. The standard InChI is InChI=1S/C19H30FN3O3/c1-13-10-23(11-14(2)26-13)19(3,4)12-22-18(25)21-9-17(24)15-7-5-6-8-16(15)20/h5-8,13-14,17,24H,9-12H2,1-4H3,(H2,21,22,25). The number of hydrogen-bond donors (Lipinski definition) is 3. The molecule has 146 valence electrons. The van der Waals surface area contributed by atoms with Gasteiger partial charge in [0.1, 0.15) is 5.82 Å². The molecular formula is C19H30FN3O3. The second-order valence-electron chi connectivity index (χ2n) is 7.58. The van der Waals surface area contributed by atoms with E-state index in [0.29, 0.717) is 6.54 Å². The SMILES string of the molecule is CC1CN(C(C)(C)CNC(=O)NCC(O)c2ccccc2F)CC(C)O1. The highest BCUT2D eigenvalue weighted by Crippen LogP contribution is 2.20. The van der Waals surface area contributed by atoms with Crippen molar-refractivity contribution in [3.63, 3.8) is 0 Å². The molecular weight excluding hydrogens is 337 g/mol. The summed E-state index contributed by atoms with van der Waals surface area (Å²) in [5, 5.41) is 15.5. The summed E-state index contributed by atoms with van der Waals surface area (Å²) < 4.78 is 19.4. The van der Waals surface area contributed by atoms with Gasteiger partial charge in [0, 0.05) is 37.3 Å². The lowest BCUT2D eigenvalue weighted by Crippen LogP contribution is -2.59. The van der Waals surface area contributed by atoms with E-state index < -0.39 is 11.9 Å². The van der Waals surface area contributed by atoms with Crippen molar-refractivity contribution in [2.75, 3.05) is 26.2 Å². The minimum Gasteiger partial charge on any atom is -0.386 e. The first-order valence-corrected chi connectivity index (χ1v) is 9.03. The van der Waals surface area contributed by atoms with Crippen molar-refractivity contribution in [2.45, 2.75) is 51.5 Å². The molecule has 1 heterocycles. The minimum atomic E-state index is -1.09. The topological polar surface area (TPSA) is 73.8 Å². The molecule has 3 atom stereocenters. The molecule has 0 saturated carbocycles. The second-order valence-corrected chi connectivity index (χ2v) is 7.58. The van der Waals surface area contributed by atoms with Gasteiger partial charge in [-0.05, 0) is 33.8 Å². The first kappa shape index (κ1) is 20.6. The third-order valence-corrected chi connectivity index (χ3v) is 4.68. The first-order chi connectivity index (χ1) is 12.2. The number of carbonyl (C=O) groups is 1. The van der Waals surface area contributed by atoms with Crippen molar-refractivity contribution in [3.05, 3.63) is 35.6 Å². The maximum Gasteiger partial charge on any atom is 0.314 e. The zero-order valence-electron chi connectivity index (χ0n) is 16.0. The van der Waals surface area contributed by atoms with E-state index >= 15 is 0 Å². The van der Waals surface area contributed by atoms with Gasteiger partial charge in [-0.2, -0.15) is 0 Å². The normalized spacial score (nSPS) is 22.7. The van der Waals surface area contributed by atoms with Crippen LogP contribution in [-0.2, 0) is 4.74 Å². The van der Waals surface area contributed by atoms with Gasteiger partial charge in [-0.15, -0.1) is 0 Å². The van der Waals surface area contributed by atoms with E-state index in [2.05, 4.69) is 29.4 Å². The Morgan fingerprint density at radius 2 is 1.92 bits per heavy atom. The Morgan fingerprint density at radius 1 is 1.31 bits per heavy atom. The van der Waals surface area contributed by atoms with E-state index in [9.17, 15) is 14.3 Å². The number of urea groups is 1. The number of benzene rings is 1. The number of nitrogens with zero attached hydrogens (tertiary/aromatic N) is 1. The van der Waals surface area contributed by atoms with E-state index in [4.69, 9.17) is 4.74 Å². The fourth-order valence-corrected chi connectivity index (χ4v) is 3.19. The van der Waals surface area contributed by atoms with Gasteiger partial charge in [0.25, 0.3) is 0 Å². The molecule has 0 aromatic heterocycles. The lowest BCUT2D eigenvalue weighted by Gasteiger charge is -2.45. The zero-order chi connectivity index (χ0) is 19.3. The first-order valence-electron chi connectivity index (χ1n) is 9.03. The Bertz CT molecular complexity index is 601. The molecule has 1 aliphatic heterocycles. The molecule has 1 saturated heterocycles. The molecule has 6 nitrogen and oxygen atoms in total. The number of morpholine rings is 1. The summed E-state index contributed by atoms with van der Waals surface area (Å²) in [5.74, 6) is -0.487. The fourth-order valence-electron chi connectivity index (χ4n) is 3.19. The Balaban J connectivity index is 1.79. The third-order valence-electron chi connectivity index (χ3n) is 4.68. The van der Waals surface area contributed by atoms with Crippen molar-refractivity contribution in [1.82, 2.24) is 15.5 Å². The van der Waals surface area contributed by atoms with Crippen LogP contribution in [0.15, 0.2) is 24.3 Å². The summed E-state index contributed by atoms with van der Waals surface area (Å²) in [6, 6.07) is 5.60. The van der Waals surface area contributed by atoms with Gasteiger partial charge in [-0.1, -0.05) is 18.2 Å². The highest BCUT2D eigenvalue weighted by molar-refractivity contribution is 5.73. The van der Waals surface area contributed by atoms with Gasteiger partial charge in [0.05, 0.1) is 18.3 Å². The van der Waals surface area contributed by atoms with Crippen molar-refractivity contribution < 1.29 is 19.0 Å². The average molecular weight is 367 g/mol. The summed E-state index contributed by atoms with van der Waals surface area (Å²) in [6.07, 6.45) is -0.776.